The Labute approximate surface area is 133 Å². The molecule has 128 valence electrons. The molecule has 3 rings (SSSR count). The number of benzene rings is 1. The number of hydrogen-bond acceptors (Lipinski definition) is 4. The Bertz CT molecular complexity index is 664. The highest BCUT2D eigenvalue weighted by molar-refractivity contribution is 7.92. The summed E-state index contributed by atoms with van der Waals surface area (Å²) in [6.07, 6.45) is 3.98. The van der Waals surface area contributed by atoms with Crippen LogP contribution >= 0.6 is 0 Å². The molecule has 1 aromatic rings. The number of sulfone groups is 1. The highest BCUT2D eigenvalue weighted by atomic mass is 32.2. The van der Waals surface area contributed by atoms with E-state index in [4.69, 9.17) is 0 Å². The van der Waals surface area contributed by atoms with Crippen LogP contribution in [-0.4, -0.2) is 39.1 Å². The predicted octanol–water partition coefficient (Wildman–Crippen LogP) is 2.70. The molecular formula is C15H19F3N2O2S. The quantitative estimate of drug-likeness (QED) is 0.909. The van der Waals surface area contributed by atoms with Crippen molar-refractivity contribution in [1.82, 2.24) is 5.32 Å². The van der Waals surface area contributed by atoms with Gasteiger partial charge in [-0.1, -0.05) is 12.1 Å². The van der Waals surface area contributed by atoms with Crippen LogP contribution in [0.2, 0.25) is 0 Å². The molecule has 2 fully saturated rings. The van der Waals surface area contributed by atoms with Crippen LogP contribution < -0.4 is 10.2 Å². The topological polar surface area (TPSA) is 49.4 Å². The molecule has 0 spiro atoms. The van der Waals surface area contributed by atoms with Crippen LogP contribution in [-0.2, 0) is 9.84 Å². The minimum absolute atomic E-state index is 0.148. The lowest BCUT2D eigenvalue weighted by molar-refractivity contribution is -0.0435. The molecule has 4 nitrogen and oxygen atoms in total. The van der Waals surface area contributed by atoms with Gasteiger partial charge in [-0.25, -0.2) is 8.42 Å². The third-order valence-electron chi connectivity index (χ3n) is 4.34. The van der Waals surface area contributed by atoms with E-state index in [1.807, 2.05) is 0 Å². The molecule has 8 heteroatoms. The van der Waals surface area contributed by atoms with Crippen molar-refractivity contribution in [3.63, 3.8) is 0 Å². The second-order valence-electron chi connectivity index (χ2n) is 6.12. The Morgan fingerprint density at radius 3 is 2.13 bits per heavy atom. The van der Waals surface area contributed by atoms with Crippen molar-refractivity contribution < 1.29 is 21.6 Å². The van der Waals surface area contributed by atoms with Gasteiger partial charge in [0.1, 0.15) is 0 Å². The van der Waals surface area contributed by atoms with E-state index in [9.17, 15) is 21.6 Å². The summed E-state index contributed by atoms with van der Waals surface area (Å²) in [6, 6.07) is 6.33. The van der Waals surface area contributed by atoms with Crippen LogP contribution in [0.5, 0.6) is 0 Å². The molecule has 1 saturated heterocycles. The van der Waals surface area contributed by atoms with Gasteiger partial charge in [0.2, 0.25) is 0 Å². The number of alkyl halides is 3. The summed E-state index contributed by atoms with van der Waals surface area (Å²) in [4.78, 5) is 1.09. The Kier molecular flexibility index (Phi) is 4.31. The monoisotopic (exact) mass is 348 g/mol. The fourth-order valence-corrected chi connectivity index (χ4v) is 3.92. The third kappa shape index (κ3) is 3.47. The largest absolute Gasteiger partial charge is 0.501 e. The first kappa shape index (κ1) is 16.6. The lowest BCUT2D eigenvalue weighted by atomic mass is 10.0. The number of nitrogens with one attached hydrogen (secondary N) is 1. The molecule has 0 unspecified atom stereocenters. The summed E-state index contributed by atoms with van der Waals surface area (Å²) in [5.41, 5.74) is -5.13. The molecule has 0 aromatic heterocycles. The molecular weight excluding hydrogens is 329 g/mol. The molecule has 1 aliphatic heterocycles. The normalized spacial score (nSPS) is 20.7. The first-order chi connectivity index (χ1) is 10.8. The maximum Gasteiger partial charge on any atom is 0.501 e. The van der Waals surface area contributed by atoms with Crippen LogP contribution in [0.3, 0.4) is 0 Å². The molecule has 23 heavy (non-hydrogen) atoms. The van der Waals surface area contributed by atoms with Gasteiger partial charge in [0.05, 0.1) is 10.6 Å². The maximum absolute atomic E-state index is 12.9. The molecule has 1 heterocycles. The molecule has 0 bridgehead atoms. The number of hydrogen-bond donors (Lipinski definition) is 1. The first-order valence-electron chi connectivity index (χ1n) is 7.70. The SMILES string of the molecule is O=S(=O)(c1ccccc1N1CCC(NC2CC2)CC1)C(F)(F)F. The summed E-state index contributed by atoms with van der Waals surface area (Å²) >= 11 is 0. The van der Waals surface area contributed by atoms with E-state index < -0.39 is 20.2 Å². The molecule has 0 radical (unpaired) electrons. The predicted molar refractivity (Wildman–Crippen MR) is 81.1 cm³/mol. The number of piperidine rings is 1. The van der Waals surface area contributed by atoms with Crippen molar-refractivity contribution in [2.75, 3.05) is 18.0 Å². The number of rotatable bonds is 4. The van der Waals surface area contributed by atoms with Crippen molar-refractivity contribution in [3.05, 3.63) is 24.3 Å². The average molecular weight is 348 g/mol. The van der Waals surface area contributed by atoms with Crippen molar-refractivity contribution in [2.45, 2.75) is 48.2 Å². The van der Waals surface area contributed by atoms with E-state index in [1.165, 1.54) is 25.0 Å². The number of para-hydroxylation sites is 1. The highest BCUT2D eigenvalue weighted by Crippen LogP contribution is 2.36. The number of anilines is 1. The van der Waals surface area contributed by atoms with Crippen molar-refractivity contribution in [2.24, 2.45) is 0 Å². The highest BCUT2D eigenvalue weighted by Gasteiger charge is 2.48. The van der Waals surface area contributed by atoms with E-state index in [-0.39, 0.29) is 5.69 Å². The maximum atomic E-state index is 12.9. The van der Waals surface area contributed by atoms with Crippen LogP contribution in [0.4, 0.5) is 18.9 Å². The number of halogens is 3. The van der Waals surface area contributed by atoms with Gasteiger partial charge >= 0.3 is 5.51 Å². The standard InChI is InChI=1S/C15H19F3N2O2S/c16-15(17,18)23(21,22)14-4-2-1-3-13(14)20-9-7-12(8-10-20)19-11-5-6-11/h1-4,11-12,19H,5-10H2. The molecule has 1 aliphatic carbocycles. The Morgan fingerprint density at radius 2 is 1.57 bits per heavy atom. The van der Waals surface area contributed by atoms with Gasteiger partial charge in [0.25, 0.3) is 9.84 Å². The van der Waals surface area contributed by atoms with Gasteiger partial charge in [-0.15, -0.1) is 0 Å². The van der Waals surface area contributed by atoms with E-state index >= 15 is 0 Å². The molecule has 1 saturated carbocycles. The summed E-state index contributed by atoms with van der Waals surface area (Å²) in [6.45, 7) is 1.10. The van der Waals surface area contributed by atoms with Crippen molar-refractivity contribution in [3.8, 4) is 0 Å². The minimum atomic E-state index is -5.34. The van der Waals surface area contributed by atoms with Crippen LogP contribution in [0.25, 0.3) is 0 Å². The Balaban J connectivity index is 1.79. The van der Waals surface area contributed by atoms with E-state index in [1.54, 1.807) is 11.0 Å². The fraction of sp³-hybridized carbons (Fsp3) is 0.600. The van der Waals surface area contributed by atoms with Crippen LogP contribution in [0, 0.1) is 0 Å². The second kappa shape index (κ2) is 5.98. The smallest absolute Gasteiger partial charge is 0.370 e. The lowest BCUT2D eigenvalue weighted by Gasteiger charge is -2.35. The molecule has 2 aliphatic rings. The molecule has 1 N–H and O–H groups in total. The second-order valence-corrected chi connectivity index (χ2v) is 8.03. The van der Waals surface area contributed by atoms with Crippen molar-refractivity contribution >= 4 is 15.5 Å². The zero-order valence-corrected chi connectivity index (χ0v) is 13.3. The van der Waals surface area contributed by atoms with Gasteiger partial charge in [-0.3, -0.25) is 0 Å². The van der Waals surface area contributed by atoms with Gasteiger partial charge in [0, 0.05) is 25.2 Å². The Morgan fingerprint density at radius 1 is 1.00 bits per heavy atom. The fourth-order valence-electron chi connectivity index (χ4n) is 2.94. The van der Waals surface area contributed by atoms with E-state index in [2.05, 4.69) is 5.32 Å². The summed E-state index contributed by atoms with van der Waals surface area (Å²) in [7, 11) is -5.34. The summed E-state index contributed by atoms with van der Waals surface area (Å²) in [5.74, 6) is 0. The van der Waals surface area contributed by atoms with Gasteiger partial charge < -0.3 is 10.2 Å². The van der Waals surface area contributed by atoms with Gasteiger partial charge in [-0.2, -0.15) is 13.2 Å². The zero-order valence-electron chi connectivity index (χ0n) is 12.5. The lowest BCUT2D eigenvalue weighted by Crippen LogP contribution is -2.43. The van der Waals surface area contributed by atoms with Crippen LogP contribution in [0.1, 0.15) is 25.7 Å². The number of nitrogens with zero attached hydrogens (tertiary/aromatic N) is 1. The zero-order chi connectivity index (χ0) is 16.7. The van der Waals surface area contributed by atoms with Gasteiger partial charge in [-0.05, 0) is 37.8 Å². The van der Waals surface area contributed by atoms with Crippen LogP contribution in [0.15, 0.2) is 29.2 Å². The average Bonchev–Trinajstić information content (AvgIpc) is 3.31. The molecule has 1 aromatic carbocycles. The van der Waals surface area contributed by atoms with E-state index in [0.717, 1.165) is 18.9 Å². The van der Waals surface area contributed by atoms with Gasteiger partial charge in [0.15, 0.2) is 0 Å². The molecule has 0 atom stereocenters. The summed E-state index contributed by atoms with van der Waals surface area (Å²) in [5, 5.41) is 3.51. The third-order valence-corrected chi connectivity index (χ3v) is 5.88. The van der Waals surface area contributed by atoms with E-state index in [0.29, 0.717) is 25.2 Å². The molecule has 0 amide bonds. The van der Waals surface area contributed by atoms with Crippen molar-refractivity contribution in [1.29, 1.82) is 0 Å². The first-order valence-corrected chi connectivity index (χ1v) is 9.19. The summed E-state index contributed by atoms with van der Waals surface area (Å²) < 4.78 is 62.1. The minimum Gasteiger partial charge on any atom is -0.370 e. The Hall–Kier alpha value is -1.28.